The lowest BCUT2D eigenvalue weighted by Crippen LogP contribution is -2.40. The van der Waals surface area contributed by atoms with Gasteiger partial charge >= 0.3 is 0 Å². The second-order valence-corrected chi connectivity index (χ2v) is 11.0. The minimum absolute atomic E-state index is 0.0384. The Morgan fingerprint density at radius 3 is 2.62 bits per heavy atom. The monoisotopic (exact) mass is 573 g/mol. The first-order chi connectivity index (χ1) is 20.4. The van der Waals surface area contributed by atoms with Crippen molar-refractivity contribution in [2.24, 2.45) is 0 Å². The van der Waals surface area contributed by atoms with E-state index in [2.05, 4.69) is 24.1 Å². The van der Waals surface area contributed by atoms with E-state index in [1.165, 1.54) is 17.7 Å². The fourth-order valence-corrected chi connectivity index (χ4v) is 5.88. The van der Waals surface area contributed by atoms with E-state index in [1.54, 1.807) is 12.0 Å². The van der Waals surface area contributed by atoms with Crippen molar-refractivity contribution in [3.05, 3.63) is 82.9 Å². The third-order valence-corrected chi connectivity index (χ3v) is 8.24. The van der Waals surface area contributed by atoms with Crippen LogP contribution in [0.15, 0.2) is 60.7 Å². The first-order valence-electron chi connectivity index (χ1n) is 14.5. The summed E-state index contributed by atoms with van der Waals surface area (Å²) in [5.74, 6) is -0.553. The summed E-state index contributed by atoms with van der Waals surface area (Å²) in [5, 5.41) is 20.9. The first kappa shape index (κ1) is 29.3. The van der Waals surface area contributed by atoms with Crippen LogP contribution in [0.25, 0.3) is 0 Å². The van der Waals surface area contributed by atoms with Crippen LogP contribution in [0.1, 0.15) is 46.3 Å². The maximum absolute atomic E-state index is 13.9. The first-order valence-corrected chi connectivity index (χ1v) is 14.5. The Morgan fingerprint density at radius 2 is 1.83 bits per heavy atom. The third kappa shape index (κ3) is 6.46. The predicted octanol–water partition coefficient (Wildman–Crippen LogP) is 4.34. The number of carbonyl (C=O) groups is 2. The molecule has 9 heteroatoms. The Morgan fingerprint density at radius 1 is 1.02 bits per heavy atom. The fraction of sp³-hybridized carbons (Fsp3) is 0.394. The number of amides is 2. The van der Waals surface area contributed by atoms with Crippen molar-refractivity contribution < 1.29 is 29.3 Å². The number of rotatable bonds is 10. The molecule has 0 radical (unpaired) electrons. The number of phenolic OH excluding ortho intramolecular Hbond substituents is 2. The molecule has 0 aliphatic carbocycles. The highest BCUT2D eigenvalue weighted by Crippen LogP contribution is 2.37. The summed E-state index contributed by atoms with van der Waals surface area (Å²) in [6.07, 6.45) is 2.76. The van der Waals surface area contributed by atoms with E-state index in [9.17, 15) is 19.8 Å². The minimum Gasteiger partial charge on any atom is -0.508 e. The summed E-state index contributed by atoms with van der Waals surface area (Å²) in [4.78, 5) is 32.4. The fourth-order valence-electron chi connectivity index (χ4n) is 5.88. The zero-order chi connectivity index (χ0) is 29.6. The molecule has 3 aromatic carbocycles. The predicted molar refractivity (Wildman–Crippen MR) is 160 cm³/mol. The van der Waals surface area contributed by atoms with E-state index in [0.717, 1.165) is 36.2 Å². The van der Waals surface area contributed by atoms with Crippen molar-refractivity contribution in [2.45, 2.75) is 44.9 Å². The SMILES string of the molecule is COCCCC(=O)N1CCC(N(C)c2cccc3c2CN(C(=O)c2c(O)cc(O)cc2OCc2ccccc2)CC3)C1. The number of carbonyl (C=O) groups excluding carboxylic acids is 2. The number of ether oxygens (including phenoxy) is 2. The summed E-state index contributed by atoms with van der Waals surface area (Å²) in [6, 6.07) is 18.4. The number of anilines is 1. The van der Waals surface area contributed by atoms with Crippen molar-refractivity contribution in [1.82, 2.24) is 9.80 Å². The summed E-state index contributed by atoms with van der Waals surface area (Å²) in [5.41, 5.74) is 4.23. The van der Waals surface area contributed by atoms with Crippen LogP contribution in [0.3, 0.4) is 0 Å². The van der Waals surface area contributed by atoms with Gasteiger partial charge in [-0.3, -0.25) is 9.59 Å². The molecule has 2 aliphatic heterocycles. The molecule has 1 saturated heterocycles. The van der Waals surface area contributed by atoms with E-state index < -0.39 is 0 Å². The second-order valence-electron chi connectivity index (χ2n) is 11.0. The van der Waals surface area contributed by atoms with Crippen molar-refractivity contribution in [1.29, 1.82) is 0 Å². The smallest absolute Gasteiger partial charge is 0.261 e. The Kier molecular flexibility index (Phi) is 9.17. The van der Waals surface area contributed by atoms with E-state index in [4.69, 9.17) is 9.47 Å². The third-order valence-electron chi connectivity index (χ3n) is 8.24. The average Bonchev–Trinajstić information content (AvgIpc) is 3.50. The van der Waals surface area contributed by atoms with Crippen LogP contribution < -0.4 is 9.64 Å². The van der Waals surface area contributed by atoms with E-state index in [0.29, 0.717) is 39.1 Å². The number of nitrogens with zero attached hydrogens (tertiary/aromatic N) is 3. The van der Waals surface area contributed by atoms with Gasteiger partial charge in [-0.05, 0) is 42.0 Å². The van der Waals surface area contributed by atoms with Crippen molar-refractivity contribution in [2.75, 3.05) is 45.3 Å². The molecule has 3 aromatic rings. The van der Waals surface area contributed by atoms with Gasteiger partial charge in [0.05, 0.1) is 0 Å². The Bertz CT molecular complexity index is 1410. The molecule has 2 aliphatic rings. The molecule has 0 aromatic heterocycles. The number of methoxy groups -OCH3 is 1. The molecule has 5 rings (SSSR count). The number of fused-ring (bicyclic) bond motifs is 1. The molecule has 2 heterocycles. The van der Waals surface area contributed by atoms with E-state index in [1.807, 2.05) is 41.3 Å². The van der Waals surface area contributed by atoms with Gasteiger partial charge in [-0.15, -0.1) is 0 Å². The van der Waals surface area contributed by atoms with E-state index >= 15 is 0 Å². The number of aromatic hydroxyl groups is 2. The Labute approximate surface area is 246 Å². The number of hydrogen-bond acceptors (Lipinski definition) is 7. The van der Waals surface area contributed by atoms with Gasteiger partial charge in [-0.2, -0.15) is 0 Å². The molecule has 1 atom stereocenters. The minimum atomic E-state index is -0.354. The maximum atomic E-state index is 13.9. The summed E-state index contributed by atoms with van der Waals surface area (Å²) in [7, 11) is 3.70. The molecule has 2 amide bonds. The van der Waals surface area contributed by atoms with Crippen LogP contribution in [-0.2, 0) is 29.1 Å². The van der Waals surface area contributed by atoms with Crippen molar-refractivity contribution in [3.63, 3.8) is 0 Å². The topological polar surface area (TPSA) is 103 Å². The van der Waals surface area contributed by atoms with Crippen LogP contribution in [0.4, 0.5) is 5.69 Å². The second kappa shape index (κ2) is 13.2. The van der Waals surface area contributed by atoms with Crippen LogP contribution >= 0.6 is 0 Å². The molecule has 9 nitrogen and oxygen atoms in total. The Hall–Kier alpha value is -4.24. The zero-order valence-electron chi connectivity index (χ0n) is 24.3. The van der Waals surface area contributed by atoms with Crippen LogP contribution in [-0.4, -0.2) is 78.3 Å². The maximum Gasteiger partial charge on any atom is 0.261 e. The zero-order valence-corrected chi connectivity index (χ0v) is 24.3. The van der Waals surface area contributed by atoms with Gasteiger partial charge in [0, 0.05) is 77.2 Å². The number of benzene rings is 3. The van der Waals surface area contributed by atoms with Crippen LogP contribution in [0.5, 0.6) is 17.2 Å². The normalized spacial score (nSPS) is 16.3. The van der Waals surface area contributed by atoms with Gasteiger partial charge in [0.2, 0.25) is 5.91 Å². The van der Waals surface area contributed by atoms with Gasteiger partial charge < -0.3 is 34.4 Å². The lowest BCUT2D eigenvalue weighted by atomic mass is 9.96. The van der Waals surface area contributed by atoms with E-state index in [-0.39, 0.29) is 47.3 Å². The number of phenols is 2. The summed E-state index contributed by atoms with van der Waals surface area (Å²) < 4.78 is 11.0. The number of likely N-dealkylation sites (N-methyl/N-ethyl adjacent to an activating group) is 1. The van der Waals surface area contributed by atoms with Crippen molar-refractivity contribution >= 4 is 17.5 Å². The molecule has 2 N–H and O–H groups in total. The molecular formula is C33H39N3O6. The Balaban J connectivity index is 1.32. The molecule has 1 fully saturated rings. The standard InChI is InChI=1S/C33H39N3O6/c1-34(25-14-16-35(20-25)31(39)12-7-17-41-2)28-11-6-10-24-13-15-36(21-27(24)28)33(40)32-29(38)18-26(37)19-30(32)42-22-23-8-4-3-5-9-23/h3-6,8-11,18-19,25,37-38H,7,12-17,20-22H2,1-2H3. The van der Waals surface area contributed by atoms with Gasteiger partial charge in [-0.1, -0.05) is 42.5 Å². The molecule has 42 heavy (non-hydrogen) atoms. The van der Waals surface area contributed by atoms with Gasteiger partial charge in [0.15, 0.2) is 0 Å². The van der Waals surface area contributed by atoms with Crippen LogP contribution in [0.2, 0.25) is 0 Å². The molecule has 1 unspecified atom stereocenters. The lowest BCUT2D eigenvalue weighted by molar-refractivity contribution is -0.130. The molecule has 0 spiro atoms. The number of likely N-dealkylation sites (tertiary alicyclic amines) is 1. The summed E-state index contributed by atoms with van der Waals surface area (Å²) >= 11 is 0. The highest BCUT2D eigenvalue weighted by Gasteiger charge is 2.32. The molecule has 222 valence electrons. The van der Waals surface area contributed by atoms with Gasteiger partial charge in [0.1, 0.15) is 29.4 Å². The quantitative estimate of drug-likeness (QED) is 0.348. The molecular weight excluding hydrogens is 534 g/mol. The largest absolute Gasteiger partial charge is 0.508 e. The van der Waals surface area contributed by atoms with Crippen molar-refractivity contribution in [3.8, 4) is 17.2 Å². The van der Waals surface area contributed by atoms with Gasteiger partial charge in [0.25, 0.3) is 5.91 Å². The van der Waals surface area contributed by atoms with Crippen LogP contribution in [0, 0.1) is 0 Å². The lowest BCUT2D eigenvalue weighted by Gasteiger charge is -2.35. The van der Waals surface area contributed by atoms with Gasteiger partial charge in [-0.25, -0.2) is 0 Å². The molecule has 0 bridgehead atoms. The average molecular weight is 574 g/mol. The summed E-state index contributed by atoms with van der Waals surface area (Å²) in [6.45, 7) is 3.03. The highest BCUT2D eigenvalue weighted by molar-refractivity contribution is 6.00. The number of hydrogen-bond donors (Lipinski definition) is 2. The highest BCUT2D eigenvalue weighted by atomic mass is 16.5. The molecule has 0 saturated carbocycles.